The molecular formula is C16H31N3. The topological polar surface area (TPSA) is 18.5 Å². The molecule has 0 aromatic heterocycles. The predicted octanol–water partition coefficient (Wildman–Crippen LogP) is 1.93. The molecule has 1 N–H and O–H groups in total. The van der Waals surface area contributed by atoms with Crippen LogP contribution in [0.1, 0.15) is 44.9 Å². The number of nitrogens with one attached hydrogen (secondary N) is 1. The first-order valence-electron chi connectivity index (χ1n) is 8.50. The molecule has 19 heavy (non-hydrogen) atoms. The van der Waals surface area contributed by atoms with E-state index in [4.69, 9.17) is 0 Å². The molecular weight excluding hydrogens is 234 g/mol. The monoisotopic (exact) mass is 265 g/mol. The van der Waals surface area contributed by atoms with Gasteiger partial charge in [-0.05, 0) is 77.7 Å². The van der Waals surface area contributed by atoms with Crippen LogP contribution in [0, 0.1) is 5.92 Å². The zero-order chi connectivity index (χ0) is 13.1. The standard InChI is InChI=1S/C16H31N3/c1-17-15-7-11-18(12-8-15)13-14-5-4-10-19-9-3-2-6-16(14)19/h14-17H,2-13H2,1H3. The fourth-order valence-corrected chi connectivity index (χ4v) is 4.53. The number of piperidine rings is 3. The normalized spacial score (nSPS) is 35.2. The minimum Gasteiger partial charge on any atom is -0.317 e. The molecule has 0 radical (unpaired) electrons. The number of hydrogen-bond acceptors (Lipinski definition) is 3. The van der Waals surface area contributed by atoms with Gasteiger partial charge in [0.2, 0.25) is 0 Å². The average Bonchev–Trinajstić information content (AvgIpc) is 2.48. The van der Waals surface area contributed by atoms with Crippen molar-refractivity contribution in [2.75, 3.05) is 39.8 Å². The maximum absolute atomic E-state index is 3.44. The van der Waals surface area contributed by atoms with Gasteiger partial charge in [-0.1, -0.05) is 6.42 Å². The molecule has 3 rings (SSSR count). The van der Waals surface area contributed by atoms with Gasteiger partial charge >= 0.3 is 0 Å². The zero-order valence-electron chi connectivity index (χ0n) is 12.6. The highest BCUT2D eigenvalue weighted by atomic mass is 15.2. The van der Waals surface area contributed by atoms with Gasteiger partial charge < -0.3 is 15.1 Å². The number of fused-ring (bicyclic) bond motifs is 1. The van der Waals surface area contributed by atoms with Crippen molar-refractivity contribution in [3.8, 4) is 0 Å². The molecule has 3 aliphatic heterocycles. The maximum atomic E-state index is 3.44. The Labute approximate surface area is 118 Å². The van der Waals surface area contributed by atoms with Crippen molar-refractivity contribution in [3.05, 3.63) is 0 Å². The first-order valence-corrected chi connectivity index (χ1v) is 8.50. The fourth-order valence-electron chi connectivity index (χ4n) is 4.53. The van der Waals surface area contributed by atoms with Gasteiger partial charge in [0.15, 0.2) is 0 Å². The van der Waals surface area contributed by atoms with Crippen LogP contribution in [0.4, 0.5) is 0 Å². The summed E-state index contributed by atoms with van der Waals surface area (Å²) in [6.07, 6.45) is 9.99. The van der Waals surface area contributed by atoms with Crippen molar-refractivity contribution in [1.82, 2.24) is 15.1 Å². The number of hydrogen-bond donors (Lipinski definition) is 1. The lowest BCUT2D eigenvalue weighted by molar-refractivity contribution is 0.0354. The maximum Gasteiger partial charge on any atom is 0.0136 e. The van der Waals surface area contributed by atoms with Gasteiger partial charge in [-0.15, -0.1) is 0 Å². The summed E-state index contributed by atoms with van der Waals surface area (Å²) in [4.78, 5) is 5.55. The molecule has 3 fully saturated rings. The molecule has 3 saturated heterocycles. The van der Waals surface area contributed by atoms with E-state index < -0.39 is 0 Å². The summed E-state index contributed by atoms with van der Waals surface area (Å²) in [5.74, 6) is 0.959. The van der Waals surface area contributed by atoms with Gasteiger partial charge in [0.1, 0.15) is 0 Å². The third-order valence-electron chi connectivity index (χ3n) is 5.72. The first kappa shape index (κ1) is 13.8. The Hall–Kier alpha value is -0.120. The second-order valence-corrected chi connectivity index (χ2v) is 6.86. The Morgan fingerprint density at radius 3 is 2.47 bits per heavy atom. The van der Waals surface area contributed by atoms with E-state index in [-0.39, 0.29) is 0 Å². The summed E-state index contributed by atoms with van der Waals surface area (Å²) in [5, 5.41) is 3.44. The lowest BCUT2D eigenvalue weighted by Gasteiger charge is -2.46. The van der Waals surface area contributed by atoms with Gasteiger partial charge in [0.25, 0.3) is 0 Å². The Bertz CT molecular complexity index is 271. The van der Waals surface area contributed by atoms with Gasteiger partial charge in [0, 0.05) is 18.6 Å². The van der Waals surface area contributed by atoms with Crippen LogP contribution in [0.25, 0.3) is 0 Å². The van der Waals surface area contributed by atoms with E-state index in [1.54, 1.807) is 0 Å². The summed E-state index contributed by atoms with van der Waals surface area (Å²) in [6, 6.07) is 1.69. The smallest absolute Gasteiger partial charge is 0.0136 e. The summed E-state index contributed by atoms with van der Waals surface area (Å²) in [5.41, 5.74) is 0. The molecule has 0 bridgehead atoms. The highest BCUT2D eigenvalue weighted by Gasteiger charge is 2.34. The first-order chi connectivity index (χ1) is 9.36. The average molecular weight is 265 g/mol. The second kappa shape index (κ2) is 6.55. The van der Waals surface area contributed by atoms with Crippen LogP contribution in [-0.2, 0) is 0 Å². The molecule has 3 heterocycles. The van der Waals surface area contributed by atoms with Crippen molar-refractivity contribution in [2.45, 2.75) is 57.0 Å². The van der Waals surface area contributed by atoms with Crippen LogP contribution in [-0.4, -0.2) is 61.7 Å². The van der Waals surface area contributed by atoms with Crippen LogP contribution < -0.4 is 5.32 Å². The third kappa shape index (κ3) is 3.32. The van der Waals surface area contributed by atoms with E-state index in [0.29, 0.717) is 0 Å². The van der Waals surface area contributed by atoms with Crippen LogP contribution in [0.5, 0.6) is 0 Å². The van der Waals surface area contributed by atoms with Crippen LogP contribution in [0.15, 0.2) is 0 Å². The molecule has 3 aliphatic rings. The van der Waals surface area contributed by atoms with Crippen LogP contribution in [0.3, 0.4) is 0 Å². The molecule has 2 atom stereocenters. The molecule has 0 saturated carbocycles. The van der Waals surface area contributed by atoms with Crippen LogP contribution in [0.2, 0.25) is 0 Å². The van der Waals surface area contributed by atoms with Gasteiger partial charge in [-0.3, -0.25) is 0 Å². The quantitative estimate of drug-likeness (QED) is 0.841. The SMILES string of the molecule is CNC1CCN(CC2CCCN3CCCCC23)CC1. The molecule has 0 aromatic rings. The highest BCUT2D eigenvalue weighted by Crippen LogP contribution is 2.31. The minimum absolute atomic E-state index is 0.772. The largest absolute Gasteiger partial charge is 0.317 e. The summed E-state index contributed by atoms with van der Waals surface area (Å²) in [7, 11) is 2.11. The van der Waals surface area contributed by atoms with E-state index in [0.717, 1.165) is 18.0 Å². The fraction of sp³-hybridized carbons (Fsp3) is 1.00. The molecule has 2 unspecified atom stereocenters. The van der Waals surface area contributed by atoms with E-state index in [1.165, 1.54) is 77.7 Å². The van der Waals surface area contributed by atoms with E-state index in [2.05, 4.69) is 22.2 Å². The van der Waals surface area contributed by atoms with Gasteiger partial charge in [0.05, 0.1) is 0 Å². The zero-order valence-corrected chi connectivity index (χ0v) is 12.6. The molecule has 110 valence electrons. The van der Waals surface area contributed by atoms with E-state index in [9.17, 15) is 0 Å². The van der Waals surface area contributed by atoms with Gasteiger partial charge in [-0.25, -0.2) is 0 Å². The lowest BCUT2D eigenvalue weighted by atomic mass is 9.83. The molecule has 0 aliphatic carbocycles. The number of nitrogens with zero attached hydrogens (tertiary/aromatic N) is 2. The lowest BCUT2D eigenvalue weighted by Crippen LogP contribution is -2.52. The molecule has 0 amide bonds. The predicted molar refractivity (Wildman–Crippen MR) is 80.5 cm³/mol. The number of rotatable bonds is 3. The molecule has 3 nitrogen and oxygen atoms in total. The minimum atomic E-state index is 0.772. The van der Waals surface area contributed by atoms with Gasteiger partial charge in [-0.2, -0.15) is 0 Å². The van der Waals surface area contributed by atoms with Crippen molar-refractivity contribution in [1.29, 1.82) is 0 Å². The Kier molecular flexibility index (Phi) is 4.78. The molecule has 0 aromatic carbocycles. The van der Waals surface area contributed by atoms with E-state index in [1.807, 2.05) is 0 Å². The van der Waals surface area contributed by atoms with Crippen molar-refractivity contribution in [2.24, 2.45) is 5.92 Å². The summed E-state index contributed by atoms with van der Waals surface area (Å²) in [6.45, 7) is 6.76. The Balaban J connectivity index is 1.51. The summed E-state index contributed by atoms with van der Waals surface area (Å²) >= 11 is 0. The second-order valence-electron chi connectivity index (χ2n) is 6.86. The number of likely N-dealkylation sites (tertiary alicyclic amines) is 1. The van der Waals surface area contributed by atoms with Crippen molar-refractivity contribution in [3.63, 3.8) is 0 Å². The van der Waals surface area contributed by atoms with Crippen molar-refractivity contribution < 1.29 is 0 Å². The van der Waals surface area contributed by atoms with Crippen molar-refractivity contribution >= 4 is 0 Å². The van der Waals surface area contributed by atoms with E-state index >= 15 is 0 Å². The summed E-state index contributed by atoms with van der Waals surface area (Å²) < 4.78 is 0. The Morgan fingerprint density at radius 2 is 1.68 bits per heavy atom. The Morgan fingerprint density at radius 1 is 0.895 bits per heavy atom. The third-order valence-corrected chi connectivity index (χ3v) is 5.72. The van der Waals surface area contributed by atoms with Crippen LogP contribution >= 0.6 is 0 Å². The molecule has 0 spiro atoms. The highest BCUT2D eigenvalue weighted by molar-refractivity contribution is 4.89. The molecule has 3 heteroatoms.